The molecule has 2 aliphatic heterocycles. The number of hydrogen-bond acceptors (Lipinski definition) is 3. The van der Waals surface area contributed by atoms with Gasteiger partial charge in [-0.3, -0.25) is 4.98 Å². The van der Waals surface area contributed by atoms with Crippen LogP contribution in [0.4, 0.5) is 0 Å². The van der Waals surface area contributed by atoms with Crippen molar-refractivity contribution < 1.29 is 4.74 Å². The van der Waals surface area contributed by atoms with Crippen molar-refractivity contribution in [3.05, 3.63) is 54.1 Å². The molecule has 5 nitrogen and oxygen atoms in total. The van der Waals surface area contributed by atoms with Crippen molar-refractivity contribution in [2.24, 2.45) is 0 Å². The third-order valence-electron chi connectivity index (χ3n) is 5.13. The van der Waals surface area contributed by atoms with Crippen LogP contribution in [0.25, 0.3) is 0 Å². The van der Waals surface area contributed by atoms with Crippen LogP contribution in [0.2, 0.25) is 0 Å². The van der Waals surface area contributed by atoms with Gasteiger partial charge >= 0.3 is 0 Å². The summed E-state index contributed by atoms with van der Waals surface area (Å²) in [5.74, 6) is 0. The van der Waals surface area contributed by atoms with Gasteiger partial charge in [-0.05, 0) is 56.2 Å². The summed E-state index contributed by atoms with van der Waals surface area (Å²) < 4.78 is 8.17. The largest absolute Gasteiger partial charge is 0.376 e. The summed E-state index contributed by atoms with van der Waals surface area (Å²) in [6.07, 6.45) is 6.48. The number of nitrogens with zero attached hydrogens (tertiary/aromatic N) is 3. The first-order valence-corrected chi connectivity index (χ1v) is 9.43. The lowest BCUT2D eigenvalue weighted by atomic mass is 10.0. The van der Waals surface area contributed by atoms with E-state index < -0.39 is 0 Å². The maximum atomic E-state index is 5.87. The van der Waals surface area contributed by atoms with E-state index in [1.54, 1.807) is 0 Å². The van der Waals surface area contributed by atoms with Crippen molar-refractivity contribution in [1.82, 2.24) is 19.8 Å². The Labute approximate surface area is 154 Å². The minimum atomic E-state index is 0.0512. The molecular weight excluding hydrogens is 332 g/mol. The van der Waals surface area contributed by atoms with Crippen LogP contribution in [0, 0.1) is 0 Å². The first-order valence-electron chi connectivity index (χ1n) is 9.02. The molecule has 2 aromatic heterocycles. The molecule has 2 aliphatic rings. The number of rotatable bonds is 5. The Balaban J connectivity index is 1.70. The number of nitrogens with one attached hydrogen (secondary N) is 1. The smallest absolute Gasteiger partial charge is 0.170 e. The second kappa shape index (κ2) is 7.14. The fraction of sp³-hybridized carbons (Fsp3) is 0.474. The van der Waals surface area contributed by atoms with Gasteiger partial charge in [0.15, 0.2) is 5.11 Å². The summed E-state index contributed by atoms with van der Waals surface area (Å²) >= 11 is 5.70. The summed E-state index contributed by atoms with van der Waals surface area (Å²) in [5.41, 5.74) is 2.29. The first kappa shape index (κ1) is 16.5. The topological polar surface area (TPSA) is 42.3 Å². The molecule has 0 bridgehead atoms. The highest BCUT2D eigenvalue weighted by atomic mass is 32.1. The Morgan fingerprint density at radius 1 is 1.32 bits per heavy atom. The molecule has 0 unspecified atom stereocenters. The number of ether oxygens (including phenoxy) is 1. The Morgan fingerprint density at radius 3 is 2.96 bits per heavy atom. The lowest BCUT2D eigenvalue weighted by Gasteiger charge is -2.30. The molecule has 3 atom stereocenters. The Morgan fingerprint density at radius 2 is 2.24 bits per heavy atom. The molecule has 0 amide bonds. The van der Waals surface area contributed by atoms with E-state index in [0.717, 1.165) is 43.3 Å². The Kier molecular flexibility index (Phi) is 4.72. The highest BCUT2D eigenvalue weighted by Crippen LogP contribution is 2.39. The van der Waals surface area contributed by atoms with Crippen LogP contribution >= 0.6 is 12.2 Å². The summed E-state index contributed by atoms with van der Waals surface area (Å²) in [7, 11) is 0. The van der Waals surface area contributed by atoms with E-state index in [2.05, 4.69) is 51.1 Å². The predicted octanol–water partition coefficient (Wildman–Crippen LogP) is 3.05. The van der Waals surface area contributed by atoms with Crippen molar-refractivity contribution in [1.29, 1.82) is 0 Å². The van der Waals surface area contributed by atoms with Gasteiger partial charge in [0.25, 0.3) is 0 Å². The van der Waals surface area contributed by atoms with Gasteiger partial charge in [0.1, 0.15) is 0 Å². The molecule has 1 N–H and O–H groups in total. The minimum Gasteiger partial charge on any atom is -0.376 e. The fourth-order valence-corrected chi connectivity index (χ4v) is 4.23. The van der Waals surface area contributed by atoms with Crippen LogP contribution < -0.4 is 5.32 Å². The maximum Gasteiger partial charge on any atom is 0.170 e. The van der Waals surface area contributed by atoms with Crippen molar-refractivity contribution in [2.45, 2.75) is 44.5 Å². The average molecular weight is 356 g/mol. The molecule has 2 saturated heterocycles. The first-order chi connectivity index (χ1) is 12.3. The van der Waals surface area contributed by atoms with Gasteiger partial charge in [-0.1, -0.05) is 6.07 Å². The van der Waals surface area contributed by atoms with Crippen LogP contribution in [0.15, 0.2) is 42.7 Å². The second-order valence-electron chi connectivity index (χ2n) is 6.63. The summed E-state index contributed by atoms with van der Waals surface area (Å²) in [4.78, 5) is 6.89. The fourth-order valence-electron chi connectivity index (χ4n) is 3.92. The van der Waals surface area contributed by atoms with Gasteiger partial charge in [0.2, 0.25) is 0 Å². The van der Waals surface area contributed by atoms with Gasteiger partial charge < -0.3 is 19.5 Å². The molecule has 0 saturated carbocycles. The van der Waals surface area contributed by atoms with E-state index in [0.29, 0.717) is 0 Å². The predicted molar refractivity (Wildman–Crippen MR) is 101 cm³/mol. The van der Waals surface area contributed by atoms with Crippen LogP contribution in [0.1, 0.15) is 43.2 Å². The normalized spacial score (nSPS) is 26.2. The molecule has 0 aromatic carbocycles. The molecule has 2 fully saturated rings. The van der Waals surface area contributed by atoms with Crippen molar-refractivity contribution in [3.63, 3.8) is 0 Å². The van der Waals surface area contributed by atoms with E-state index in [-0.39, 0.29) is 18.2 Å². The van der Waals surface area contributed by atoms with Crippen molar-refractivity contribution >= 4 is 17.3 Å². The van der Waals surface area contributed by atoms with Gasteiger partial charge in [-0.15, -0.1) is 0 Å². The number of hydrogen-bond donors (Lipinski definition) is 1. The van der Waals surface area contributed by atoms with Crippen LogP contribution in [0.5, 0.6) is 0 Å². The minimum absolute atomic E-state index is 0.0512. The third-order valence-corrected chi connectivity index (χ3v) is 5.48. The molecule has 4 rings (SSSR count). The SMILES string of the molecule is CCn1cccc1[C@@H]1[C@@H](c2ccccn2)NC(=S)N1C[C@H]1CCCO1. The number of thiocarbonyl (C=S) groups is 1. The zero-order valence-corrected chi connectivity index (χ0v) is 15.3. The van der Waals surface area contributed by atoms with Crippen molar-refractivity contribution in [3.8, 4) is 0 Å². The Bertz CT molecular complexity index is 726. The van der Waals surface area contributed by atoms with E-state index >= 15 is 0 Å². The van der Waals surface area contributed by atoms with Crippen LogP contribution in [-0.2, 0) is 11.3 Å². The van der Waals surface area contributed by atoms with Gasteiger partial charge in [-0.2, -0.15) is 0 Å². The zero-order valence-electron chi connectivity index (χ0n) is 14.5. The Hall–Kier alpha value is -1.92. The standard InChI is InChI=1S/C19H24N4OS/c1-2-22-11-5-9-16(22)18-17(15-8-3-4-10-20-15)21-19(25)23(18)13-14-7-6-12-24-14/h3-5,8-11,14,17-18H,2,6-7,12-13H2,1H3,(H,21,25)/t14-,17-,18-/m1/s1. The number of aryl methyl sites for hydroxylation is 1. The van der Waals surface area contributed by atoms with Gasteiger partial charge in [0.05, 0.1) is 23.9 Å². The van der Waals surface area contributed by atoms with Crippen LogP contribution in [0.3, 0.4) is 0 Å². The quantitative estimate of drug-likeness (QED) is 0.834. The van der Waals surface area contributed by atoms with E-state index in [1.807, 2.05) is 18.3 Å². The molecule has 6 heteroatoms. The van der Waals surface area contributed by atoms with E-state index in [1.165, 1.54) is 5.69 Å². The highest BCUT2D eigenvalue weighted by molar-refractivity contribution is 7.80. The second-order valence-corrected chi connectivity index (χ2v) is 7.02. The van der Waals surface area contributed by atoms with E-state index in [9.17, 15) is 0 Å². The molecular formula is C19H24N4OS. The summed E-state index contributed by atoms with van der Waals surface area (Å²) in [6, 6.07) is 10.5. The molecule has 0 spiro atoms. The maximum absolute atomic E-state index is 5.87. The molecule has 25 heavy (non-hydrogen) atoms. The lowest BCUT2D eigenvalue weighted by molar-refractivity contribution is 0.0834. The van der Waals surface area contributed by atoms with Gasteiger partial charge in [-0.25, -0.2) is 0 Å². The van der Waals surface area contributed by atoms with Gasteiger partial charge in [0, 0.05) is 37.8 Å². The number of aromatic nitrogens is 2. The summed E-state index contributed by atoms with van der Waals surface area (Å²) in [5, 5.41) is 4.30. The molecule has 0 radical (unpaired) electrons. The summed E-state index contributed by atoms with van der Waals surface area (Å²) in [6.45, 7) is 4.80. The lowest BCUT2D eigenvalue weighted by Crippen LogP contribution is -2.36. The molecule has 4 heterocycles. The third kappa shape index (κ3) is 3.16. The molecule has 0 aliphatic carbocycles. The van der Waals surface area contributed by atoms with Crippen molar-refractivity contribution in [2.75, 3.05) is 13.2 Å². The molecule has 132 valence electrons. The monoisotopic (exact) mass is 356 g/mol. The molecule has 2 aromatic rings. The zero-order chi connectivity index (χ0) is 17.2. The van der Waals surface area contributed by atoms with Crippen LogP contribution in [-0.4, -0.2) is 38.8 Å². The average Bonchev–Trinajstić information content (AvgIpc) is 3.37. The highest BCUT2D eigenvalue weighted by Gasteiger charge is 2.42. The van der Waals surface area contributed by atoms with E-state index in [4.69, 9.17) is 17.0 Å². The number of pyridine rings is 1.